The molecular formula is C12H16N2O4. The molecule has 18 heavy (non-hydrogen) atoms. The number of ether oxygens (including phenoxy) is 1. The number of allylic oxidation sites excluding steroid dienone is 1. The zero-order valence-corrected chi connectivity index (χ0v) is 10.6. The Labute approximate surface area is 104 Å². The summed E-state index contributed by atoms with van der Waals surface area (Å²) in [5.74, 6) is -0.441. The predicted molar refractivity (Wildman–Crippen MR) is 66.5 cm³/mol. The van der Waals surface area contributed by atoms with Crippen molar-refractivity contribution in [1.29, 1.82) is 0 Å². The number of hydrogen-bond donors (Lipinski definition) is 1. The third kappa shape index (κ3) is 3.19. The molecule has 0 atom stereocenters. The van der Waals surface area contributed by atoms with Crippen LogP contribution in [0.25, 0.3) is 0 Å². The van der Waals surface area contributed by atoms with Gasteiger partial charge in [0.15, 0.2) is 0 Å². The highest BCUT2D eigenvalue weighted by Gasteiger charge is 2.04. The van der Waals surface area contributed by atoms with E-state index in [0.717, 1.165) is 0 Å². The molecule has 0 unspecified atom stereocenters. The topological polar surface area (TPSA) is 81.2 Å². The summed E-state index contributed by atoms with van der Waals surface area (Å²) in [6.07, 6.45) is 3.61. The van der Waals surface area contributed by atoms with E-state index in [9.17, 15) is 14.4 Å². The first-order valence-electron chi connectivity index (χ1n) is 5.57. The SMILES string of the molecule is CCc1cn(CC=C(C)C(=O)OC)c(=O)[nH]c1=O. The lowest BCUT2D eigenvalue weighted by atomic mass is 10.2. The Morgan fingerprint density at radius 1 is 1.50 bits per heavy atom. The van der Waals surface area contributed by atoms with Crippen LogP contribution >= 0.6 is 0 Å². The lowest BCUT2D eigenvalue weighted by Gasteiger charge is -2.04. The Balaban J connectivity index is 3.02. The van der Waals surface area contributed by atoms with Crippen LogP contribution in [0.15, 0.2) is 27.4 Å². The lowest BCUT2D eigenvalue weighted by molar-refractivity contribution is -0.136. The number of aromatic nitrogens is 2. The Hall–Kier alpha value is -2.11. The summed E-state index contributed by atoms with van der Waals surface area (Å²) in [4.78, 5) is 36.3. The van der Waals surface area contributed by atoms with Crippen molar-refractivity contribution in [2.24, 2.45) is 0 Å². The number of methoxy groups -OCH3 is 1. The van der Waals surface area contributed by atoms with Gasteiger partial charge in [-0.15, -0.1) is 0 Å². The summed E-state index contributed by atoms with van der Waals surface area (Å²) in [7, 11) is 1.29. The van der Waals surface area contributed by atoms with E-state index < -0.39 is 11.7 Å². The molecule has 1 aromatic heterocycles. The minimum atomic E-state index is -0.494. The molecule has 0 aliphatic carbocycles. The fourth-order valence-corrected chi connectivity index (χ4v) is 1.42. The highest BCUT2D eigenvalue weighted by Crippen LogP contribution is 1.97. The van der Waals surface area contributed by atoms with Crippen molar-refractivity contribution < 1.29 is 9.53 Å². The molecular weight excluding hydrogens is 236 g/mol. The second kappa shape index (κ2) is 6.00. The van der Waals surface area contributed by atoms with Gasteiger partial charge in [0, 0.05) is 23.9 Å². The first-order valence-corrected chi connectivity index (χ1v) is 5.57. The molecule has 1 heterocycles. The van der Waals surface area contributed by atoms with E-state index in [4.69, 9.17) is 0 Å². The number of carbonyl (C=O) groups is 1. The quantitative estimate of drug-likeness (QED) is 0.614. The Morgan fingerprint density at radius 3 is 2.72 bits per heavy atom. The zero-order chi connectivity index (χ0) is 13.7. The summed E-state index contributed by atoms with van der Waals surface area (Å²) in [5.41, 5.74) is 0.0749. The molecule has 6 nitrogen and oxygen atoms in total. The van der Waals surface area contributed by atoms with Gasteiger partial charge in [0.05, 0.1) is 7.11 Å². The predicted octanol–water partition coefficient (Wildman–Crippen LogP) is 0.218. The zero-order valence-electron chi connectivity index (χ0n) is 10.6. The summed E-state index contributed by atoms with van der Waals surface area (Å²) >= 11 is 0. The summed E-state index contributed by atoms with van der Waals surface area (Å²) in [6.45, 7) is 3.64. The van der Waals surface area contributed by atoms with E-state index >= 15 is 0 Å². The van der Waals surface area contributed by atoms with Crippen LogP contribution in [-0.2, 0) is 22.5 Å². The summed E-state index contributed by atoms with van der Waals surface area (Å²) in [6, 6.07) is 0. The van der Waals surface area contributed by atoms with Crippen LogP contribution in [0.3, 0.4) is 0 Å². The molecule has 98 valence electrons. The first-order chi connectivity index (χ1) is 8.49. The van der Waals surface area contributed by atoms with Crippen molar-refractivity contribution in [2.75, 3.05) is 7.11 Å². The largest absolute Gasteiger partial charge is 0.466 e. The van der Waals surface area contributed by atoms with Gasteiger partial charge in [-0.25, -0.2) is 9.59 Å². The van der Waals surface area contributed by atoms with Gasteiger partial charge >= 0.3 is 11.7 Å². The average Bonchev–Trinajstić information content (AvgIpc) is 2.36. The van der Waals surface area contributed by atoms with Crippen LogP contribution in [0.1, 0.15) is 19.4 Å². The Bertz CT molecular complexity index is 580. The maximum absolute atomic E-state index is 11.5. The van der Waals surface area contributed by atoms with Gasteiger partial charge in [-0.05, 0) is 13.3 Å². The smallest absolute Gasteiger partial charge is 0.333 e. The van der Waals surface area contributed by atoms with E-state index in [-0.39, 0.29) is 12.1 Å². The molecule has 6 heteroatoms. The molecule has 0 fully saturated rings. The van der Waals surface area contributed by atoms with Crippen molar-refractivity contribution in [1.82, 2.24) is 9.55 Å². The van der Waals surface area contributed by atoms with Crippen LogP contribution in [-0.4, -0.2) is 22.6 Å². The summed E-state index contributed by atoms with van der Waals surface area (Å²) in [5, 5.41) is 0. The standard InChI is InChI=1S/C12H16N2O4/c1-4-9-7-14(12(17)13-10(9)15)6-5-8(2)11(16)18-3/h5,7H,4,6H2,1-3H3,(H,13,15,17). The van der Waals surface area contributed by atoms with Crippen molar-refractivity contribution in [2.45, 2.75) is 26.8 Å². The molecule has 0 aromatic carbocycles. The molecule has 0 aliphatic heterocycles. The first kappa shape index (κ1) is 14.0. The molecule has 0 radical (unpaired) electrons. The third-order valence-corrected chi connectivity index (χ3v) is 2.57. The second-order valence-corrected chi connectivity index (χ2v) is 3.80. The van der Waals surface area contributed by atoms with Crippen LogP contribution in [0, 0.1) is 0 Å². The Kier molecular flexibility index (Phi) is 4.65. The van der Waals surface area contributed by atoms with Gasteiger partial charge in [0.25, 0.3) is 5.56 Å². The van der Waals surface area contributed by atoms with Crippen LogP contribution < -0.4 is 11.2 Å². The average molecular weight is 252 g/mol. The molecule has 1 aromatic rings. The van der Waals surface area contributed by atoms with E-state index in [1.54, 1.807) is 13.0 Å². The maximum Gasteiger partial charge on any atom is 0.333 e. The highest BCUT2D eigenvalue weighted by molar-refractivity contribution is 5.87. The Morgan fingerprint density at radius 2 is 2.17 bits per heavy atom. The van der Waals surface area contributed by atoms with E-state index in [1.165, 1.54) is 17.9 Å². The van der Waals surface area contributed by atoms with Crippen molar-refractivity contribution in [3.63, 3.8) is 0 Å². The third-order valence-electron chi connectivity index (χ3n) is 2.57. The number of hydrogen-bond acceptors (Lipinski definition) is 4. The maximum atomic E-state index is 11.5. The number of rotatable bonds is 4. The van der Waals surface area contributed by atoms with Crippen LogP contribution in [0.4, 0.5) is 0 Å². The van der Waals surface area contributed by atoms with Gasteiger partial charge < -0.3 is 4.74 Å². The van der Waals surface area contributed by atoms with E-state index in [1.807, 2.05) is 6.92 Å². The minimum Gasteiger partial charge on any atom is -0.466 e. The number of esters is 1. The lowest BCUT2D eigenvalue weighted by Crippen LogP contribution is -2.31. The molecule has 0 aliphatic rings. The number of nitrogens with one attached hydrogen (secondary N) is 1. The number of aryl methyl sites for hydroxylation is 1. The number of carbonyl (C=O) groups excluding carboxylic acids is 1. The number of aromatic amines is 1. The monoisotopic (exact) mass is 252 g/mol. The summed E-state index contributed by atoms with van der Waals surface area (Å²) < 4.78 is 5.88. The van der Waals surface area contributed by atoms with Crippen molar-refractivity contribution in [3.8, 4) is 0 Å². The van der Waals surface area contributed by atoms with Gasteiger partial charge in [0.2, 0.25) is 0 Å². The van der Waals surface area contributed by atoms with Gasteiger partial charge in [-0.3, -0.25) is 14.3 Å². The number of H-pyrrole nitrogens is 1. The minimum absolute atomic E-state index is 0.212. The van der Waals surface area contributed by atoms with Crippen molar-refractivity contribution >= 4 is 5.97 Å². The molecule has 0 saturated carbocycles. The van der Waals surface area contributed by atoms with Gasteiger partial charge in [-0.1, -0.05) is 13.0 Å². The highest BCUT2D eigenvalue weighted by atomic mass is 16.5. The molecule has 0 amide bonds. The molecule has 1 rings (SSSR count). The van der Waals surface area contributed by atoms with Crippen molar-refractivity contribution in [3.05, 3.63) is 44.2 Å². The van der Waals surface area contributed by atoms with E-state index in [2.05, 4.69) is 9.72 Å². The fourth-order valence-electron chi connectivity index (χ4n) is 1.42. The normalized spacial score (nSPS) is 11.4. The molecule has 1 N–H and O–H groups in total. The van der Waals surface area contributed by atoms with Gasteiger partial charge in [-0.2, -0.15) is 0 Å². The van der Waals surface area contributed by atoms with E-state index in [0.29, 0.717) is 17.6 Å². The van der Waals surface area contributed by atoms with Gasteiger partial charge in [0.1, 0.15) is 0 Å². The molecule has 0 bridgehead atoms. The fraction of sp³-hybridized carbons (Fsp3) is 0.417. The van der Waals surface area contributed by atoms with Crippen LogP contribution in [0.5, 0.6) is 0 Å². The number of nitrogens with zero attached hydrogens (tertiary/aromatic N) is 1. The van der Waals surface area contributed by atoms with Crippen LogP contribution in [0.2, 0.25) is 0 Å². The molecule has 0 saturated heterocycles. The second-order valence-electron chi connectivity index (χ2n) is 3.80. The molecule has 0 spiro atoms.